The first-order valence-corrected chi connectivity index (χ1v) is 10.8. The number of nitrogens with zero attached hydrogens (tertiary/aromatic N) is 1. The summed E-state index contributed by atoms with van der Waals surface area (Å²) in [5.41, 5.74) is 1.49. The second-order valence-corrected chi connectivity index (χ2v) is 7.60. The van der Waals surface area contributed by atoms with Crippen LogP contribution in [0.25, 0.3) is 0 Å². The highest BCUT2D eigenvalue weighted by Gasteiger charge is 2.03. The molecule has 140 valence electrons. The van der Waals surface area contributed by atoms with Gasteiger partial charge in [-0.2, -0.15) is 5.26 Å². The Morgan fingerprint density at radius 1 is 0.680 bits per heavy atom. The molecule has 0 fully saturated rings. The highest BCUT2D eigenvalue weighted by molar-refractivity contribution is 5.18. The molecule has 0 saturated carbocycles. The molecule has 1 heteroatoms. The maximum atomic E-state index is 8.48. The van der Waals surface area contributed by atoms with Crippen LogP contribution in [0.1, 0.15) is 115 Å². The van der Waals surface area contributed by atoms with Crippen molar-refractivity contribution < 1.29 is 0 Å². The van der Waals surface area contributed by atoms with Crippen LogP contribution in [0.4, 0.5) is 0 Å². The van der Waals surface area contributed by atoms with Gasteiger partial charge in [-0.05, 0) is 24.3 Å². The van der Waals surface area contributed by atoms with Gasteiger partial charge < -0.3 is 0 Å². The molecule has 0 aliphatic carbocycles. The van der Waals surface area contributed by atoms with Gasteiger partial charge in [0.15, 0.2) is 0 Å². The van der Waals surface area contributed by atoms with Crippen LogP contribution in [0.3, 0.4) is 0 Å². The number of benzene rings is 1. The molecule has 0 aliphatic rings. The largest absolute Gasteiger partial charge is 0.198 e. The maximum Gasteiger partial charge on any atom is 0.0621 e. The topological polar surface area (TPSA) is 23.8 Å². The van der Waals surface area contributed by atoms with E-state index in [1.54, 1.807) is 0 Å². The lowest BCUT2D eigenvalue weighted by Gasteiger charge is -2.11. The summed E-state index contributed by atoms with van der Waals surface area (Å²) >= 11 is 0. The van der Waals surface area contributed by atoms with E-state index in [1.165, 1.54) is 89.0 Å². The number of rotatable bonds is 16. The first-order chi connectivity index (χ1) is 12.3. The lowest BCUT2D eigenvalue weighted by Crippen LogP contribution is -1.93. The van der Waals surface area contributed by atoms with Crippen LogP contribution in [-0.2, 0) is 0 Å². The van der Waals surface area contributed by atoms with Gasteiger partial charge >= 0.3 is 0 Å². The van der Waals surface area contributed by atoms with Gasteiger partial charge in [0.2, 0.25) is 0 Å². The average molecular weight is 342 g/mol. The molecule has 0 heterocycles. The van der Waals surface area contributed by atoms with Crippen molar-refractivity contribution >= 4 is 0 Å². The quantitative estimate of drug-likeness (QED) is 0.278. The summed E-state index contributed by atoms with van der Waals surface area (Å²) in [6, 6.07) is 13.2. The van der Waals surface area contributed by atoms with E-state index in [2.05, 4.69) is 43.3 Å². The third-order valence-electron chi connectivity index (χ3n) is 5.29. The van der Waals surface area contributed by atoms with Crippen LogP contribution < -0.4 is 0 Å². The van der Waals surface area contributed by atoms with Crippen LogP contribution in [0, 0.1) is 11.3 Å². The van der Waals surface area contributed by atoms with E-state index in [-0.39, 0.29) is 0 Å². The Morgan fingerprint density at radius 2 is 1.12 bits per heavy atom. The van der Waals surface area contributed by atoms with E-state index in [0.717, 1.165) is 12.8 Å². The zero-order valence-corrected chi connectivity index (χ0v) is 16.5. The maximum absolute atomic E-state index is 8.48. The molecule has 0 amide bonds. The van der Waals surface area contributed by atoms with Crippen molar-refractivity contribution in [2.75, 3.05) is 0 Å². The predicted molar refractivity (Wildman–Crippen MR) is 110 cm³/mol. The summed E-state index contributed by atoms with van der Waals surface area (Å²) in [4.78, 5) is 0. The fourth-order valence-corrected chi connectivity index (χ4v) is 3.55. The molecule has 1 rings (SSSR count). The molecule has 0 bridgehead atoms. The van der Waals surface area contributed by atoms with Crippen molar-refractivity contribution in [3.8, 4) is 6.07 Å². The van der Waals surface area contributed by atoms with Crippen LogP contribution in [-0.4, -0.2) is 0 Å². The highest BCUT2D eigenvalue weighted by Crippen LogP contribution is 2.22. The molecule has 0 radical (unpaired) electrons. The van der Waals surface area contributed by atoms with Gasteiger partial charge in [0.05, 0.1) is 6.07 Å². The Hall–Kier alpha value is -1.29. The lowest BCUT2D eigenvalue weighted by molar-refractivity contribution is 0.525. The third kappa shape index (κ3) is 12.7. The Morgan fingerprint density at radius 3 is 1.60 bits per heavy atom. The van der Waals surface area contributed by atoms with Gasteiger partial charge in [0.25, 0.3) is 0 Å². The van der Waals surface area contributed by atoms with E-state index >= 15 is 0 Å². The summed E-state index contributed by atoms with van der Waals surface area (Å²) in [6.07, 6.45) is 19.8. The minimum absolute atomic E-state index is 0.709. The van der Waals surface area contributed by atoms with Gasteiger partial charge in [-0.25, -0.2) is 0 Å². The second kappa shape index (κ2) is 16.2. The molecule has 1 aromatic rings. The van der Waals surface area contributed by atoms with Crippen molar-refractivity contribution in [1.29, 1.82) is 5.26 Å². The predicted octanol–water partition coefficient (Wildman–Crippen LogP) is 8.17. The van der Waals surface area contributed by atoms with Gasteiger partial charge in [-0.15, -0.1) is 0 Å². The van der Waals surface area contributed by atoms with Crippen LogP contribution in [0.2, 0.25) is 0 Å². The molecule has 0 spiro atoms. The Balaban J connectivity index is 1.78. The van der Waals surface area contributed by atoms with Gasteiger partial charge in [-0.3, -0.25) is 0 Å². The van der Waals surface area contributed by atoms with Gasteiger partial charge in [0.1, 0.15) is 0 Å². The standard InChI is InChI=1S/C24H39N/c1-23(24-20-16-14-17-21-24)19-15-12-10-8-6-4-2-3-5-7-9-11-13-18-22-25/h14,16-17,20-21,23H,2-13,15,18-19H2,1H3. The van der Waals surface area contributed by atoms with E-state index < -0.39 is 0 Å². The Bertz CT molecular complexity index is 431. The molecule has 0 saturated heterocycles. The van der Waals surface area contributed by atoms with Crippen molar-refractivity contribution in [1.82, 2.24) is 0 Å². The van der Waals surface area contributed by atoms with E-state index in [0.29, 0.717) is 5.92 Å². The summed E-state index contributed by atoms with van der Waals surface area (Å²) in [6.45, 7) is 2.36. The smallest absolute Gasteiger partial charge is 0.0621 e. The Labute approximate surface area is 156 Å². The molecule has 25 heavy (non-hydrogen) atoms. The van der Waals surface area contributed by atoms with E-state index in [4.69, 9.17) is 5.26 Å². The van der Waals surface area contributed by atoms with Crippen molar-refractivity contribution in [2.24, 2.45) is 0 Å². The minimum Gasteiger partial charge on any atom is -0.198 e. The SMILES string of the molecule is CC(CCCCCCCCCCCCCCCC#N)c1ccccc1. The van der Waals surface area contributed by atoms with Crippen molar-refractivity contribution in [3.05, 3.63) is 35.9 Å². The summed E-state index contributed by atoms with van der Waals surface area (Å²) in [7, 11) is 0. The zero-order valence-electron chi connectivity index (χ0n) is 16.5. The number of hydrogen-bond donors (Lipinski definition) is 0. The molecule has 1 nitrogen and oxygen atoms in total. The van der Waals surface area contributed by atoms with Crippen LogP contribution in [0.5, 0.6) is 0 Å². The van der Waals surface area contributed by atoms with Gasteiger partial charge in [0, 0.05) is 6.42 Å². The summed E-state index contributed by atoms with van der Waals surface area (Å²) in [5.74, 6) is 0.709. The third-order valence-corrected chi connectivity index (χ3v) is 5.29. The molecule has 0 N–H and O–H groups in total. The molecule has 1 atom stereocenters. The second-order valence-electron chi connectivity index (χ2n) is 7.60. The van der Waals surface area contributed by atoms with E-state index in [9.17, 15) is 0 Å². The van der Waals surface area contributed by atoms with Crippen LogP contribution in [0.15, 0.2) is 30.3 Å². The van der Waals surface area contributed by atoms with Crippen molar-refractivity contribution in [2.45, 2.75) is 109 Å². The van der Waals surface area contributed by atoms with E-state index in [1.807, 2.05) is 0 Å². The number of nitriles is 1. The first kappa shape index (κ1) is 21.8. The fourth-order valence-electron chi connectivity index (χ4n) is 3.55. The number of hydrogen-bond acceptors (Lipinski definition) is 1. The Kier molecular flexibility index (Phi) is 14.1. The fraction of sp³-hybridized carbons (Fsp3) is 0.708. The lowest BCUT2D eigenvalue weighted by atomic mass is 9.95. The van der Waals surface area contributed by atoms with Crippen molar-refractivity contribution in [3.63, 3.8) is 0 Å². The molecule has 1 unspecified atom stereocenters. The molecular formula is C24H39N. The average Bonchev–Trinajstić information content (AvgIpc) is 2.65. The van der Waals surface area contributed by atoms with Gasteiger partial charge in [-0.1, -0.05) is 114 Å². The summed E-state index contributed by atoms with van der Waals surface area (Å²) in [5, 5.41) is 8.48. The summed E-state index contributed by atoms with van der Waals surface area (Å²) < 4.78 is 0. The first-order valence-electron chi connectivity index (χ1n) is 10.8. The highest BCUT2D eigenvalue weighted by atomic mass is 14.2. The normalized spacial score (nSPS) is 12.0. The zero-order chi connectivity index (χ0) is 18.0. The number of unbranched alkanes of at least 4 members (excludes halogenated alkanes) is 13. The molecule has 0 aromatic heterocycles. The molecular weight excluding hydrogens is 302 g/mol. The minimum atomic E-state index is 0.709. The monoisotopic (exact) mass is 341 g/mol. The molecule has 1 aromatic carbocycles. The van der Waals surface area contributed by atoms with Crippen LogP contribution >= 0.6 is 0 Å². The molecule has 0 aliphatic heterocycles.